The zero-order chi connectivity index (χ0) is 15.5. The molecule has 21 heavy (non-hydrogen) atoms. The largest absolute Gasteiger partial charge is 0.350 e. The minimum absolute atomic E-state index is 0.0661. The topological polar surface area (TPSA) is 66.5 Å². The standard InChI is InChI=1S/C15H22N2O3S/c1-3-12(2)16-15(18)13-7-6-8-14(11-13)21(19,20)17-9-4-5-10-17/h6-8,11-12H,3-5,9-10H2,1-2H3,(H,16,18)/t12-/m0/s1. The molecule has 1 aromatic carbocycles. The van der Waals surface area contributed by atoms with Gasteiger partial charge >= 0.3 is 0 Å². The summed E-state index contributed by atoms with van der Waals surface area (Å²) in [4.78, 5) is 12.3. The number of rotatable bonds is 5. The molecule has 1 fully saturated rings. The highest BCUT2D eigenvalue weighted by molar-refractivity contribution is 7.89. The molecule has 6 heteroatoms. The first-order chi connectivity index (χ1) is 9.95. The van der Waals surface area contributed by atoms with E-state index in [1.165, 1.54) is 10.4 Å². The van der Waals surface area contributed by atoms with Gasteiger partial charge in [-0.1, -0.05) is 13.0 Å². The number of nitrogens with one attached hydrogen (secondary N) is 1. The van der Waals surface area contributed by atoms with E-state index < -0.39 is 10.0 Å². The van der Waals surface area contributed by atoms with Gasteiger partial charge in [-0.15, -0.1) is 0 Å². The molecule has 116 valence electrons. The van der Waals surface area contributed by atoms with E-state index in [4.69, 9.17) is 0 Å². The van der Waals surface area contributed by atoms with Gasteiger partial charge in [0.05, 0.1) is 4.90 Å². The number of amides is 1. The Hall–Kier alpha value is -1.40. The molecular formula is C15H22N2O3S. The Morgan fingerprint density at radius 3 is 2.62 bits per heavy atom. The Morgan fingerprint density at radius 2 is 2.00 bits per heavy atom. The van der Waals surface area contributed by atoms with Gasteiger partial charge < -0.3 is 5.32 Å². The minimum atomic E-state index is -3.48. The second-order valence-corrected chi connectivity index (χ2v) is 7.36. The molecule has 0 bridgehead atoms. The second kappa shape index (κ2) is 6.58. The van der Waals surface area contributed by atoms with Crippen LogP contribution >= 0.6 is 0 Å². The van der Waals surface area contributed by atoms with Gasteiger partial charge in [-0.3, -0.25) is 4.79 Å². The lowest BCUT2D eigenvalue weighted by Crippen LogP contribution is -2.32. The zero-order valence-electron chi connectivity index (χ0n) is 12.5. The molecule has 0 spiro atoms. The molecule has 1 aromatic rings. The predicted octanol–water partition coefficient (Wildman–Crippen LogP) is 2.00. The quantitative estimate of drug-likeness (QED) is 0.904. The fourth-order valence-corrected chi connectivity index (χ4v) is 3.85. The predicted molar refractivity (Wildman–Crippen MR) is 81.7 cm³/mol. The van der Waals surface area contributed by atoms with Crippen molar-refractivity contribution in [1.29, 1.82) is 0 Å². The Balaban J connectivity index is 2.23. The number of sulfonamides is 1. The van der Waals surface area contributed by atoms with Crippen LogP contribution in [0, 0.1) is 0 Å². The molecule has 0 unspecified atom stereocenters. The van der Waals surface area contributed by atoms with Crippen molar-refractivity contribution in [1.82, 2.24) is 9.62 Å². The van der Waals surface area contributed by atoms with Crippen LogP contribution < -0.4 is 5.32 Å². The zero-order valence-corrected chi connectivity index (χ0v) is 13.3. The average Bonchev–Trinajstić information content (AvgIpc) is 3.02. The highest BCUT2D eigenvalue weighted by Gasteiger charge is 2.27. The number of carbonyl (C=O) groups excluding carboxylic acids is 1. The number of benzene rings is 1. The van der Waals surface area contributed by atoms with Crippen LogP contribution in [-0.2, 0) is 10.0 Å². The lowest BCUT2D eigenvalue weighted by atomic mass is 10.2. The van der Waals surface area contributed by atoms with Crippen molar-refractivity contribution in [2.24, 2.45) is 0 Å². The highest BCUT2D eigenvalue weighted by atomic mass is 32.2. The van der Waals surface area contributed by atoms with Gasteiger partial charge in [0, 0.05) is 24.7 Å². The van der Waals surface area contributed by atoms with Crippen LogP contribution in [0.1, 0.15) is 43.5 Å². The number of hydrogen-bond donors (Lipinski definition) is 1. The number of hydrogen-bond acceptors (Lipinski definition) is 3. The molecule has 1 aliphatic heterocycles. The van der Waals surface area contributed by atoms with Crippen LogP contribution in [0.3, 0.4) is 0 Å². The molecule has 0 aliphatic carbocycles. The first kappa shape index (κ1) is 16.0. The van der Waals surface area contributed by atoms with E-state index in [2.05, 4.69) is 5.32 Å². The van der Waals surface area contributed by atoms with E-state index in [1.807, 2.05) is 13.8 Å². The van der Waals surface area contributed by atoms with Crippen molar-refractivity contribution < 1.29 is 13.2 Å². The molecule has 1 aliphatic rings. The summed E-state index contributed by atoms with van der Waals surface area (Å²) < 4.78 is 26.4. The molecule has 1 amide bonds. The lowest BCUT2D eigenvalue weighted by Gasteiger charge is -2.16. The molecule has 1 heterocycles. The summed E-state index contributed by atoms with van der Waals surface area (Å²) >= 11 is 0. The third-order valence-electron chi connectivity index (χ3n) is 3.79. The first-order valence-corrected chi connectivity index (χ1v) is 8.80. The van der Waals surface area contributed by atoms with E-state index in [0.29, 0.717) is 18.7 Å². The van der Waals surface area contributed by atoms with Crippen molar-refractivity contribution in [3.05, 3.63) is 29.8 Å². The van der Waals surface area contributed by atoms with E-state index >= 15 is 0 Å². The molecule has 2 rings (SSSR count). The average molecular weight is 310 g/mol. The molecule has 1 saturated heterocycles. The van der Waals surface area contributed by atoms with Crippen LogP contribution in [0.5, 0.6) is 0 Å². The van der Waals surface area contributed by atoms with E-state index in [0.717, 1.165) is 19.3 Å². The van der Waals surface area contributed by atoms with E-state index in [1.54, 1.807) is 18.2 Å². The maximum Gasteiger partial charge on any atom is 0.251 e. The summed E-state index contributed by atoms with van der Waals surface area (Å²) in [5.41, 5.74) is 0.385. The highest BCUT2D eigenvalue weighted by Crippen LogP contribution is 2.21. The summed E-state index contributed by atoms with van der Waals surface area (Å²) in [7, 11) is -3.48. The van der Waals surface area contributed by atoms with E-state index in [-0.39, 0.29) is 16.8 Å². The molecule has 1 N–H and O–H groups in total. The summed E-state index contributed by atoms with van der Waals surface area (Å²) in [5, 5.41) is 2.85. The maximum absolute atomic E-state index is 12.5. The van der Waals surface area contributed by atoms with Crippen molar-refractivity contribution in [3.8, 4) is 0 Å². The van der Waals surface area contributed by atoms with Gasteiger partial charge in [-0.05, 0) is 44.4 Å². The van der Waals surface area contributed by atoms with Gasteiger partial charge in [0.2, 0.25) is 10.0 Å². The first-order valence-electron chi connectivity index (χ1n) is 7.36. The lowest BCUT2D eigenvalue weighted by molar-refractivity contribution is 0.0939. The molecule has 1 atom stereocenters. The van der Waals surface area contributed by atoms with Gasteiger partial charge in [-0.2, -0.15) is 4.31 Å². The second-order valence-electron chi connectivity index (χ2n) is 5.42. The fourth-order valence-electron chi connectivity index (χ4n) is 2.28. The summed E-state index contributed by atoms with van der Waals surface area (Å²) in [6.07, 6.45) is 2.62. The van der Waals surface area contributed by atoms with Crippen molar-refractivity contribution in [2.75, 3.05) is 13.1 Å². The Kier molecular flexibility index (Phi) is 5.00. The van der Waals surface area contributed by atoms with Crippen LogP contribution in [-0.4, -0.2) is 37.8 Å². The third kappa shape index (κ3) is 3.63. The minimum Gasteiger partial charge on any atom is -0.350 e. The SMILES string of the molecule is CC[C@H](C)NC(=O)c1cccc(S(=O)(=O)N2CCCC2)c1. The molecule has 0 aromatic heterocycles. The van der Waals surface area contributed by atoms with Crippen LogP contribution in [0.4, 0.5) is 0 Å². The van der Waals surface area contributed by atoms with Crippen LogP contribution in [0.25, 0.3) is 0 Å². The molecule has 5 nitrogen and oxygen atoms in total. The van der Waals surface area contributed by atoms with Crippen LogP contribution in [0.2, 0.25) is 0 Å². The van der Waals surface area contributed by atoms with Gasteiger partial charge in [-0.25, -0.2) is 8.42 Å². The fraction of sp³-hybridized carbons (Fsp3) is 0.533. The normalized spacial score (nSPS) is 17.6. The summed E-state index contributed by atoms with van der Waals surface area (Å²) in [6.45, 7) is 5.03. The van der Waals surface area contributed by atoms with Gasteiger partial charge in [0.25, 0.3) is 5.91 Å². The molecule has 0 radical (unpaired) electrons. The van der Waals surface area contributed by atoms with Crippen LogP contribution in [0.15, 0.2) is 29.2 Å². The van der Waals surface area contributed by atoms with Crippen molar-refractivity contribution in [2.45, 2.75) is 44.0 Å². The Bertz CT molecular complexity index is 607. The molecular weight excluding hydrogens is 288 g/mol. The molecule has 0 saturated carbocycles. The maximum atomic E-state index is 12.5. The van der Waals surface area contributed by atoms with Gasteiger partial charge in [0.1, 0.15) is 0 Å². The van der Waals surface area contributed by atoms with Crippen molar-refractivity contribution >= 4 is 15.9 Å². The number of carbonyl (C=O) groups is 1. The summed E-state index contributed by atoms with van der Waals surface area (Å²) in [5.74, 6) is -0.233. The van der Waals surface area contributed by atoms with Crippen molar-refractivity contribution in [3.63, 3.8) is 0 Å². The third-order valence-corrected chi connectivity index (χ3v) is 5.68. The monoisotopic (exact) mass is 310 g/mol. The van der Waals surface area contributed by atoms with E-state index in [9.17, 15) is 13.2 Å². The smallest absolute Gasteiger partial charge is 0.251 e. The Labute approximate surface area is 126 Å². The van der Waals surface area contributed by atoms with Gasteiger partial charge in [0.15, 0.2) is 0 Å². The summed E-state index contributed by atoms with van der Waals surface area (Å²) in [6, 6.07) is 6.34. The Morgan fingerprint density at radius 1 is 1.33 bits per heavy atom. The number of nitrogens with zero attached hydrogens (tertiary/aromatic N) is 1.